The van der Waals surface area contributed by atoms with Crippen LogP contribution in [-0.2, 0) is 14.3 Å². The molecule has 1 amide bonds. The van der Waals surface area contributed by atoms with Crippen molar-refractivity contribution in [1.82, 2.24) is 4.90 Å². The second-order valence-electron chi connectivity index (χ2n) is 5.18. The highest BCUT2D eigenvalue weighted by Crippen LogP contribution is 2.23. The van der Waals surface area contributed by atoms with Crippen LogP contribution in [0, 0.1) is 5.92 Å². The third kappa shape index (κ3) is 3.22. The summed E-state index contributed by atoms with van der Waals surface area (Å²) < 4.78 is 5.28. The van der Waals surface area contributed by atoms with Crippen molar-refractivity contribution in [2.24, 2.45) is 5.92 Å². The Labute approximate surface area is 107 Å². The molecule has 2 heterocycles. The summed E-state index contributed by atoms with van der Waals surface area (Å²) in [4.78, 5) is 24.6. The summed E-state index contributed by atoms with van der Waals surface area (Å²) in [5.74, 6) is -0.299. The van der Waals surface area contributed by atoms with Crippen LogP contribution in [0.3, 0.4) is 0 Å². The van der Waals surface area contributed by atoms with Crippen LogP contribution in [-0.4, -0.2) is 47.7 Å². The number of carbonyl (C=O) groups excluding carboxylic acids is 1. The number of likely N-dealkylation sites (tertiary alicyclic amines) is 1. The number of hydrogen-bond acceptors (Lipinski definition) is 3. The maximum Gasteiger partial charge on any atom is 0.326 e. The first kappa shape index (κ1) is 13.3. The van der Waals surface area contributed by atoms with Crippen LogP contribution >= 0.6 is 0 Å². The van der Waals surface area contributed by atoms with Gasteiger partial charge in [0.05, 0.1) is 0 Å². The molecule has 1 atom stereocenters. The zero-order valence-corrected chi connectivity index (χ0v) is 10.6. The fourth-order valence-corrected chi connectivity index (χ4v) is 2.83. The van der Waals surface area contributed by atoms with Gasteiger partial charge in [-0.05, 0) is 38.0 Å². The van der Waals surface area contributed by atoms with Crippen LogP contribution in [0.5, 0.6) is 0 Å². The Morgan fingerprint density at radius 3 is 2.61 bits per heavy atom. The van der Waals surface area contributed by atoms with Gasteiger partial charge in [-0.1, -0.05) is 0 Å². The highest BCUT2D eigenvalue weighted by atomic mass is 16.5. The first-order chi connectivity index (χ1) is 8.68. The van der Waals surface area contributed by atoms with Crippen molar-refractivity contribution in [2.45, 2.75) is 44.6 Å². The van der Waals surface area contributed by atoms with Crippen LogP contribution in [0.4, 0.5) is 0 Å². The van der Waals surface area contributed by atoms with Gasteiger partial charge >= 0.3 is 5.97 Å². The zero-order chi connectivity index (χ0) is 13.0. The number of aliphatic carboxylic acids is 1. The number of carboxylic acid groups (broad SMARTS) is 1. The quantitative estimate of drug-likeness (QED) is 0.821. The van der Waals surface area contributed by atoms with Crippen molar-refractivity contribution in [3.05, 3.63) is 0 Å². The molecule has 0 saturated carbocycles. The largest absolute Gasteiger partial charge is 0.480 e. The van der Waals surface area contributed by atoms with E-state index in [9.17, 15) is 9.59 Å². The molecule has 0 aliphatic carbocycles. The highest BCUT2D eigenvalue weighted by Gasteiger charge is 2.33. The van der Waals surface area contributed by atoms with Gasteiger partial charge < -0.3 is 14.7 Å². The fraction of sp³-hybridized carbons (Fsp3) is 0.846. The van der Waals surface area contributed by atoms with E-state index < -0.39 is 12.0 Å². The molecule has 2 aliphatic heterocycles. The van der Waals surface area contributed by atoms with E-state index in [0.29, 0.717) is 25.3 Å². The van der Waals surface area contributed by atoms with Gasteiger partial charge in [-0.15, -0.1) is 0 Å². The summed E-state index contributed by atoms with van der Waals surface area (Å²) in [5, 5.41) is 9.04. The van der Waals surface area contributed by atoms with Crippen LogP contribution in [0.25, 0.3) is 0 Å². The smallest absolute Gasteiger partial charge is 0.326 e. The molecular formula is C13H21NO4. The summed E-state index contributed by atoms with van der Waals surface area (Å²) in [6.07, 6.45) is 4.79. The van der Waals surface area contributed by atoms with E-state index in [4.69, 9.17) is 9.84 Å². The lowest BCUT2D eigenvalue weighted by atomic mass is 9.94. The molecule has 2 saturated heterocycles. The number of nitrogens with zero attached hydrogens (tertiary/aromatic N) is 1. The van der Waals surface area contributed by atoms with E-state index in [0.717, 1.165) is 38.9 Å². The molecule has 0 aromatic carbocycles. The number of hydrogen-bond donors (Lipinski definition) is 1. The lowest BCUT2D eigenvalue weighted by Crippen LogP contribution is -2.40. The van der Waals surface area contributed by atoms with Crippen molar-refractivity contribution in [3.63, 3.8) is 0 Å². The molecule has 2 fully saturated rings. The molecule has 0 radical (unpaired) electrons. The Balaban J connectivity index is 1.78. The molecular weight excluding hydrogens is 234 g/mol. The first-order valence-corrected chi connectivity index (χ1v) is 6.78. The molecule has 0 aromatic heterocycles. The molecule has 18 heavy (non-hydrogen) atoms. The van der Waals surface area contributed by atoms with E-state index in [1.807, 2.05) is 0 Å². The van der Waals surface area contributed by atoms with Crippen molar-refractivity contribution in [1.29, 1.82) is 0 Å². The molecule has 0 bridgehead atoms. The van der Waals surface area contributed by atoms with Crippen LogP contribution in [0.1, 0.15) is 38.5 Å². The summed E-state index contributed by atoms with van der Waals surface area (Å²) in [6.45, 7) is 2.18. The van der Waals surface area contributed by atoms with Crippen molar-refractivity contribution >= 4 is 11.9 Å². The summed E-state index contributed by atoms with van der Waals surface area (Å²) in [7, 11) is 0. The Bertz CT molecular complexity index is 312. The molecule has 102 valence electrons. The van der Waals surface area contributed by atoms with Gasteiger partial charge in [0.1, 0.15) is 6.04 Å². The minimum atomic E-state index is -0.869. The fourth-order valence-electron chi connectivity index (χ4n) is 2.83. The third-order valence-electron chi connectivity index (χ3n) is 3.97. The number of amides is 1. The Morgan fingerprint density at radius 1 is 1.22 bits per heavy atom. The summed E-state index contributed by atoms with van der Waals surface area (Å²) in [5.41, 5.74) is 0. The van der Waals surface area contributed by atoms with E-state index in [2.05, 4.69) is 0 Å². The first-order valence-electron chi connectivity index (χ1n) is 6.78. The van der Waals surface area contributed by atoms with Gasteiger partial charge in [0.25, 0.3) is 0 Å². The third-order valence-corrected chi connectivity index (χ3v) is 3.97. The van der Waals surface area contributed by atoms with Gasteiger partial charge in [0, 0.05) is 26.2 Å². The molecule has 5 heteroatoms. The van der Waals surface area contributed by atoms with E-state index in [1.165, 1.54) is 0 Å². The molecule has 1 N–H and O–H groups in total. The molecule has 2 rings (SSSR count). The minimum absolute atomic E-state index is 0.00592. The minimum Gasteiger partial charge on any atom is -0.480 e. The predicted molar refractivity (Wildman–Crippen MR) is 65.1 cm³/mol. The Morgan fingerprint density at radius 2 is 1.94 bits per heavy atom. The Hall–Kier alpha value is -1.10. The SMILES string of the molecule is O=C(O)[C@@H]1CCCN1C(=O)CCC1CCOCC1. The van der Waals surface area contributed by atoms with Crippen LogP contribution < -0.4 is 0 Å². The molecule has 0 unspecified atom stereocenters. The average Bonchev–Trinajstić information content (AvgIpc) is 2.86. The van der Waals surface area contributed by atoms with Gasteiger partial charge in [-0.3, -0.25) is 4.79 Å². The molecule has 2 aliphatic rings. The van der Waals surface area contributed by atoms with Crippen molar-refractivity contribution < 1.29 is 19.4 Å². The normalized spacial score (nSPS) is 25.3. The summed E-state index contributed by atoms with van der Waals surface area (Å²) >= 11 is 0. The maximum atomic E-state index is 12.0. The average molecular weight is 255 g/mol. The van der Waals surface area contributed by atoms with E-state index in [1.54, 1.807) is 4.90 Å². The zero-order valence-electron chi connectivity index (χ0n) is 10.6. The highest BCUT2D eigenvalue weighted by molar-refractivity contribution is 5.84. The van der Waals surface area contributed by atoms with Gasteiger partial charge in [-0.2, -0.15) is 0 Å². The van der Waals surface area contributed by atoms with Crippen molar-refractivity contribution in [3.8, 4) is 0 Å². The Kier molecular flexibility index (Phi) is 4.58. The maximum absolute atomic E-state index is 12.0. The number of carboxylic acids is 1. The second-order valence-corrected chi connectivity index (χ2v) is 5.18. The predicted octanol–water partition coefficient (Wildman–Crippen LogP) is 1.27. The van der Waals surface area contributed by atoms with Crippen LogP contribution in [0.2, 0.25) is 0 Å². The monoisotopic (exact) mass is 255 g/mol. The molecule has 0 aromatic rings. The number of carbonyl (C=O) groups is 2. The van der Waals surface area contributed by atoms with E-state index in [-0.39, 0.29) is 5.91 Å². The van der Waals surface area contributed by atoms with Gasteiger partial charge in [-0.25, -0.2) is 4.79 Å². The lowest BCUT2D eigenvalue weighted by Gasteiger charge is -2.24. The standard InChI is InChI=1S/C13H21NO4/c15-12(4-3-10-5-8-18-9-6-10)14-7-1-2-11(14)13(16)17/h10-11H,1-9H2,(H,16,17)/t11-/m0/s1. The second kappa shape index (κ2) is 6.18. The van der Waals surface area contributed by atoms with Crippen LogP contribution in [0.15, 0.2) is 0 Å². The number of rotatable bonds is 4. The number of ether oxygens (including phenoxy) is 1. The molecule has 5 nitrogen and oxygen atoms in total. The summed E-state index contributed by atoms with van der Waals surface area (Å²) in [6, 6.07) is -0.591. The topological polar surface area (TPSA) is 66.8 Å². The lowest BCUT2D eigenvalue weighted by molar-refractivity contribution is -0.148. The van der Waals surface area contributed by atoms with E-state index >= 15 is 0 Å². The van der Waals surface area contributed by atoms with Crippen molar-refractivity contribution in [2.75, 3.05) is 19.8 Å². The van der Waals surface area contributed by atoms with Gasteiger partial charge in [0.2, 0.25) is 5.91 Å². The van der Waals surface area contributed by atoms with Gasteiger partial charge in [0.15, 0.2) is 0 Å². The molecule has 0 spiro atoms.